The summed E-state index contributed by atoms with van der Waals surface area (Å²) < 4.78 is 0. The quantitative estimate of drug-likeness (QED) is 0.653. The summed E-state index contributed by atoms with van der Waals surface area (Å²) in [5.74, 6) is 1.04. The van der Waals surface area contributed by atoms with Gasteiger partial charge in [-0.15, -0.1) is 12.4 Å². The largest absolute Gasteiger partial charge is 0.337 e. The van der Waals surface area contributed by atoms with Gasteiger partial charge in [-0.2, -0.15) is 0 Å². The number of fused-ring (bicyclic) bond motifs is 1. The van der Waals surface area contributed by atoms with E-state index in [4.69, 9.17) is 5.73 Å². The molecule has 7 heteroatoms. The summed E-state index contributed by atoms with van der Waals surface area (Å²) in [4.78, 5) is 24.4. The summed E-state index contributed by atoms with van der Waals surface area (Å²) >= 11 is 0. The number of imidazole rings is 1. The van der Waals surface area contributed by atoms with Gasteiger partial charge < -0.3 is 16.0 Å². The Morgan fingerprint density at radius 1 is 1.27 bits per heavy atom. The van der Waals surface area contributed by atoms with Gasteiger partial charge in [-0.25, -0.2) is 4.98 Å². The molecule has 0 saturated heterocycles. The fourth-order valence-corrected chi connectivity index (χ4v) is 3.48. The molecule has 0 aliphatic heterocycles. The Morgan fingerprint density at radius 2 is 2.15 bits per heavy atom. The van der Waals surface area contributed by atoms with Gasteiger partial charge in [0.15, 0.2) is 5.82 Å². The molecule has 1 aliphatic carbocycles. The molecule has 136 valence electrons. The average Bonchev–Trinajstić information content (AvgIpc) is 3.22. The van der Waals surface area contributed by atoms with Crippen LogP contribution in [-0.4, -0.2) is 26.9 Å². The molecule has 3 aromatic rings. The first-order chi connectivity index (χ1) is 12.2. The van der Waals surface area contributed by atoms with Crippen molar-refractivity contribution in [3.05, 3.63) is 42.6 Å². The van der Waals surface area contributed by atoms with Crippen molar-refractivity contribution in [2.45, 2.75) is 31.7 Å². The number of H-pyrrole nitrogens is 1. The number of halogens is 1. The summed E-state index contributed by atoms with van der Waals surface area (Å²) in [5, 5.41) is 2.97. The number of carbonyl (C=O) groups is 1. The molecule has 2 aromatic heterocycles. The third-order valence-electron chi connectivity index (χ3n) is 4.84. The van der Waals surface area contributed by atoms with Crippen molar-refractivity contribution < 1.29 is 4.79 Å². The van der Waals surface area contributed by atoms with Crippen LogP contribution in [0.25, 0.3) is 22.6 Å². The third kappa shape index (κ3) is 3.86. The molecule has 1 saturated carbocycles. The van der Waals surface area contributed by atoms with E-state index < -0.39 is 0 Å². The Hall–Kier alpha value is -2.44. The van der Waals surface area contributed by atoms with Gasteiger partial charge >= 0.3 is 0 Å². The molecular formula is C19H22ClN5O. The normalized spacial score (nSPS) is 19.3. The van der Waals surface area contributed by atoms with E-state index in [1.165, 1.54) is 0 Å². The lowest BCUT2D eigenvalue weighted by atomic mass is 10.00. The molecular weight excluding hydrogens is 350 g/mol. The molecule has 26 heavy (non-hydrogen) atoms. The zero-order valence-electron chi connectivity index (χ0n) is 14.3. The van der Waals surface area contributed by atoms with Crippen molar-refractivity contribution >= 4 is 35.0 Å². The predicted octanol–water partition coefficient (Wildman–Crippen LogP) is 3.50. The summed E-state index contributed by atoms with van der Waals surface area (Å²) in [6.07, 6.45) is 5.41. The lowest BCUT2D eigenvalue weighted by Crippen LogP contribution is -2.28. The number of aromatic nitrogens is 3. The summed E-state index contributed by atoms with van der Waals surface area (Å²) in [6, 6.07) is 11.5. The van der Waals surface area contributed by atoms with Gasteiger partial charge in [-0.3, -0.25) is 9.78 Å². The highest BCUT2D eigenvalue weighted by Gasteiger charge is 2.26. The van der Waals surface area contributed by atoms with Crippen molar-refractivity contribution in [3.63, 3.8) is 0 Å². The first-order valence-electron chi connectivity index (χ1n) is 8.65. The third-order valence-corrected chi connectivity index (χ3v) is 4.84. The molecule has 4 rings (SSSR count). The molecule has 0 radical (unpaired) electrons. The second-order valence-corrected chi connectivity index (χ2v) is 6.64. The molecule has 1 fully saturated rings. The number of pyridine rings is 1. The molecule has 0 spiro atoms. The summed E-state index contributed by atoms with van der Waals surface area (Å²) in [6.45, 7) is 0. The number of nitrogens with one attached hydrogen (secondary N) is 2. The summed E-state index contributed by atoms with van der Waals surface area (Å²) in [5.41, 5.74) is 9.32. The fraction of sp³-hybridized carbons (Fsp3) is 0.316. The second kappa shape index (κ2) is 7.85. The molecule has 4 N–H and O–H groups in total. The number of nitrogens with two attached hydrogens (primary N) is 1. The van der Waals surface area contributed by atoms with E-state index in [-0.39, 0.29) is 24.4 Å². The van der Waals surface area contributed by atoms with Crippen LogP contribution in [0.4, 0.5) is 5.69 Å². The van der Waals surface area contributed by atoms with Crippen LogP contribution < -0.4 is 11.1 Å². The van der Waals surface area contributed by atoms with Crippen molar-refractivity contribution in [2.75, 3.05) is 5.32 Å². The van der Waals surface area contributed by atoms with Gasteiger partial charge in [0.25, 0.3) is 0 Å². The lowest BCUT2D eigenvalue weighted by Gasteiger charge is -2.14. The molecule has 1 aromatic carbocycles. The molecule has 2 atom stereocenters. The van der Waals surface area contributed by atoms with Crippen LogP contribution in [0.1, 0.15) is 25.7 Å². The van der Waals surface area contributed by atoms with E-state index in [2.05, 4.69) is 20.3 Å². The van der Waals surface area contributed by atoms with E-state index in [0.717, 1.165) is 47.5 Å². The van der Waals surface area contributed by atoms with Crippen molar-refractivity contribution in [1.82, 2.24) is 15.0 Å². The Morgan fingerprint density at radius 3 is 2.88 bits per heavy atom. The minimum absolute atomic E-state index is 0. The molecule has 0 unspecified atom stereocenters. The standard InChI is InChI=1S/C19H21N5O.ClH/c20-14-5-3-4-12(14)10-18(25)22-13-7-8-15-17(11-13)24-19(23-15)16-6-1-2-9-21-16;/h1-2,6-9,11-12,14H,3-5,10,20H2,(H,22,25)(H,23,24);1H/t12-,14+;/m0./s1. The highest BCUT2D eigenvalue weighted by Crippen LogP contribution is 2.27. The fourth-order valence-electron chi connectivity index (χ4n) is 3.48. The number of hydrogen-bond acceptors (Lipinski definition) is 4. The maximum Gasteiger partial charge on any atom is 0.224 e. The highest BCUT2D eigenvalue weighted by atomic mass is 35.5. The van der Waals surface area contributed by atoms with Gasteiger partial charge in [0.05, 0.1) is 11.0 Å². The molecule has 2 heterocycles. The van der Waals surface area contributed by atoms with Gasteiger partial charge in [-0.05, 0) is 49.1 Å². The first-order valence-corrected chi connectivity index (χ1v) is 8.65. The maximum atomic E-state index is 12.3. The monoisotopic (exact) mass is 371 g/mol. The Labute approximate surface area is 158 Å². The van der Waals surface area contributed by atoms with Gasteiger partial charge in [0.2, 0.25) is 5.91 Å². The molecule has 1 amide bonds. The maximum absolute atomic E-state index is 12.3. The molecule has 6 nitrogen and oxygen atoms in total. The Balaban J connectivity index is 0.00000196. The number of aromatic amines is 1. The van der Waals surface area contributed by atoms with Crippen LogP contribution in [0.15, 0.2) is 42.6 Å². The van der Waals surface area contributed by atoms with Crippen molar-refractivity contribution in [2.24, 2.45) is 11.7 Å². The predicted molar refractivity (Wildman–Crippen MR) is 105 cm³/mol. The van der Waals surface area contributed by atoms with Crippen molar-refractivity contribution in [3.8, 4) is 11.5 Å². The number of anilines is 1. The van der Waals surface area contributed by atoms with Crippen LogP contribution in [0, 0.1) is 5.92 Å². The van der Waals surface area contributed by atoms with Crippen LogP contribution in [0.2, 0.25) is 0 Å². The minimum atomic E-state index is 0. The Kier molecular flexibility index (Phi) is 5.54. The van der Waals surface area contributed by atoms with E-state index in [9.17, 15) is 4.79 Å². The van der Waals surface area contributed by atoms with Crippen molar-refractivity contribution in [1.29, 1.82) is 0 Å². The van der Waals surface area contributed by atoms with Crippen LogP contribution >= 0.6 is 12.4 Å². The topological polar surface area (TPSA) is 96.7 Å². The van der Waals surface area contributed by atoms with Gasteiger partial charge in [0.1, 0.15) is 5.69 Å². The first kappa shape index (κ1) is 18.4. The van der Waals surface area contributed by atoms with Crippen LogP contribution in [-0.2, 0) is 4.79 Å². The van der Waals surface area contributed by atoms with E-state index in [1.54, 1.807) is 6.20 Å². The Bertz CT molecular complexity index is 895. The van der Waals surface area contributed by atoms with E-state index in [1.807, 2.05) is 36.4 Å². The highest BCUT2D eigenvalue weighted by molar-refractivity contribution is 5.93. The van der Waals surface area contributed by atoms with Crippen LogP contribution in [0.5, 0.6) is 0 Å². The second-order valence-electron chi connectivity index (χ2n) is 6.64. The van der Waals surface area contributed by atoms with Gasteiger partial charge in [-0.1, -0.05) is 12.5 Å². The number of hydrogen-bond donors (Lipinski definition) is 3. The molecule has 0 bridgehead atoms. The number of benzene rings is 1. The zero-order valence-corrected chi connectivity index (χ0v) is 15.1. The zero-order chi connectivity index (χ0) is 17.2. The number of amides is 1. The summed E-state index contributed by atoms with van der Waals surface area (Å²) in [7, 11) is 0. The SMILES string of the molecule is Cl.N[C@@H]1CCC[C@H]1CC(=O)Nc1ccc2nc(-c3ccccn3)[nH]c2c1. The van der Waals surface area contributed by atoms with Gasteiger partial charge in [0, 0.05) is 24.3 Å². The van der Waals surface area contributed by atoms with E-state index in [0.29, 0.717) is 12.3 Å². The molecule has 1 aliphatic rings. The lowest BCUT2D eigenvalue weighted by molar-refractivity contribution is -0.117. The van der Waals surface area contributed by atoms with Crippen LogP contribution in [0.3, 0.4) is 0 Å². The smallest absolute Gasteiger partial charge is 0.224 e. The van der Waals surface area contributed by atoms with E-state index >= 15 is 0 Å². The minimum Gasteiger partial charge on any atom is -0.337 e. The number of carbonyl (C=O) groups excluding carboxylic acids is 1. The number of rotatable bonds is 4. The number of nitrogens with zero attached hydrogens (tertiary/aromatic N) is 2. The average molecular weight is 372 g/mol.